The lowest BCUT2D eigenvalue weighted by atomic mass is 9.97. The summed E-state index contributed by atoms with van der Waals surface area (Å²) in [6.07, 6.45) is 1.69. The van der Waals surface area contributed by atoms with Crippen LogP contribution in [0.4, 0.5) is 0 Å². The number of aromatic nitrogens is 5. The Bertz CT molecular complexity index is 2040. The lowest BCUT2D eigenvalue weighted by molar-refractivity contribution is 0.111. The molecule has 6 aromatic rings. The van der Waals surface area contributed by atoms with Gasteiger partial charge in [0.15, 0.2) is 6.29 Å². The molecule has 0 saturated heterocycles. The van der Waals surface area contributed by atoms with Crippen LogP contribution in [0.5, 0.6) is 5.75 Å². The Kier molecular flexibility index (Phi) is 7.95. The van der Waals surface area contributed by atoms with Crippen molar-refractivity contribution in [2.45, 2.75) is 49.0 Å². The monoisotopic (exact) mass is 641 g/mol. The third-order valence-electron chi connectivity index (χ3n) is 8.34. The van der Waals surface area contributed by atoms with E-state index in [1.807, 2.05) is 43.8 Å². The molecule has 0 unspecified atom stereocenters. The summed E-state index contributed by atoms with van der Waals surface area (Å²) in [6.45, 7) is 5.19. The highest BCUT2D eigenvalue weighted by Gasteiger charge is 2.24. The Labute approximate surface area is 269 Å². The summed E-state index contributed by atoms with van der Waals surface area (Å²) in [5.74, 6) is 3.14. The Hall–Kier alpha value is -3.66. The molecule has 3 aromatic heterocycles. The van der Waals surface area contributed by atoms with Crippen molar-refractivity contribution in [2.24, 2.45) is 7.05 Å². The number of nitrogens with zero attached hydrogens (tertiary/aromatic N) is 4. The van der Waals surface area contributed by atoms with Crippen LogP contribution in [-0.2, 0) is 30.9 Å². The molecule has 7 rings (SSSR count). The molecule has 0 aliphatic carbocycles. The maximum Gasteiger partial charge on any atom is 0.166 e. The van der Waals surface area contributed by atoms with Gasteiger partial charge in [0.25, 0.3) is 0 Å². The van der Waals surface area contributed by atoms with Crippen molar-refractivity contribution < 1.29 is 9.53 Å². The van der Waals surface area contributed by atoms with Crippen LogP contribution in [0.1, 0.15) is 45.2 Å². The molecule has 0 saturated carbocycles. The van der Waals surface area contributed by atoms with Crippen molar-refractivity contribution in [3.05, 3.63) is 93.7 Å². The number of nitrogens with one attached hydrogen (secondary N) is 1. The molecule has 1 aliphatic heterocycles. The summed E-state index contributed by atoms with van der Waals surface area (Å²) in [5, 5.41) is 16.6. The van der Waals surface area contributed by atoms with E-state index in [2.05, 4.69) is 46.1 Å². The van der Waals surface area contributed by atoms with E-state index < -0.39 is 0 Å². The van der Waals surface area contributed by atoms with Crippen molar-refractivity contribution in [3.8, 4) is 16.9 Å². The quantitative estimate of drug-likeness (QED) is 0.181. The van der Waals surface area contributed by atoms with Crippen molar-refractivity contribution in [2.75, 3.05) is 6.61 Å². The Morgan fingerprint density at radius 2 is 1.91 bits per heavy atom. The van der Waals surface area contributed by atoms with E-state index in [1.54, 1.807) is 23.5 Å². The molecule has 224 valence electrons. The number of carbonyl (C=O) groups excluding carboxylic acids is 1. The van der Waals surface area contributed by atoms with Crippen LogP contribution in [0.2, 0.25) is 5.02 Å². The van der Waals surface area contributed by atoms with E-state index in [4.69, 9.17) is 26.5 Å². The van der Waals surface area contributed by atoms with E-state index in [-0.39, 0.29) is 0 Å². The summed E-state index contributed by atoms with van der Waals surface area (Å²) in [4.78, 5) is 13.6. The second-order valence-corrected chi connectivity index (χ2v) is 13.6. The van der Waals surface area contributed by atoms with Crippen molar-refractivity contribution in [3.63, 3.8) is 0 Å². The summed E-state index contributed by atoms with van der Waals surface area (Å²) < 4.78 is 10.5. The van der Waals surface area contributed by atoms with E-state index >= 15 is 0 Å². The molecule has 1 N–H and O–H groups in total. The van der Waals surface area contributed by atoms with Gasteiger partial charge in [0, 0.05) is 79.6 Å². The molecular formula is C34H32ClN5O2S2. The van der Waals surface area contributed by atoms with E-state index in [0.717, 1.165) is 90.3 Å². The molecule has 10 heteroatoms. The SMILES string of the molecule is Cc1[nH]nc2c1-c1c(Cl)ccc3c1c(C)c(C=O)n3CCCOc1cc(cc3ccccc13)SCc1cc(nn1C)CSC2. The zero-order valence-corrected chi connectivity index (χ0v) is 27.2. The van der Waals surface area contributed by atoms with Gasteiger partial charge >= 0.3 is 0 Å². The van der Waals surface area contributed by atoms with Crippen LogP contribution in [0.25, 0.3) is 32.8 Å². The second-order valence-electron chi connectivity index (χ2n) is 11.1. The van der Waals surface area contributed by atoms with Crippen molar-refractivity contribution in [1.82, 2.24) is 24.5 Å². The van der Waals surface area contributed by atoms with Gasteiger partial charge in [0.1, 0.15) is 5.75 Å². The molecular weight excluding hydrogens is 610 g/mol. The molecule has 0 radical (unpaired) electrons. The standard InChI is InChI=1S/C34H32ClN5O2S2/c1-20-30(16-41)40-11-6-12-42-31-15-25(13-22-7-4-5-8-26(22)31)44-18-24-14-23(38-39(24)3)17-43-19-28-33(21(2)36-37-28)34-27(35)9-10-29(40)32(20)34/h4-5,7-10,13-16H,6,11-12,17-19H2,1-3H3,(H,36,37). The van der Waals surface area contributed by atoms with Gasteiger partial charge in [-0.15, -0.1) is 23.5 Å². The molecule has 3 aromatic carbocycles. The van der Waals surface area contributed by atoms with Gasteiger partial charge in [-0.25, -0.2) is 0 Å². The number of aryl methyl sites for hydroxylation is 4. The molecule has 8 bridgehead atoms. The van der Waals surface area contributed by atoms with Gasteiger partial charge in [-0.2, -0.15) is 10.2 Å². The van der Waals surface area contributed by atoms with Crippen molar-refractivity contribution in [1.29, 1.82) is 0 Å². The third-order valence-corrected chi connectivity index (χ3v) is 10.6. The van der Waals surface area contributed by atoms with Crippen LogP contribution < -0.4 is 4.74 Å². The van der Waals surface area contributed by atoms with Crippen LogP contribution >= 0.6 is 35.1 Å². The van der Waals surface area contributed by atoms with E-state index in [0.29, 0.717) is 29.6 Å². The van der Waals surface area contributed by atoms with Gasteiger partial charge in [0.2, 0.25) is 0 Å². The zero-order valence-electron chi connectivity index (χ0n) is 24.8. The number of fused-ring (bicyclic) bond motifs is 8. The van der Waals surface area contributed by atoms with Gasteiger partial charge < -0.3 is 9.30 Å². The molecule has 1 aliphatic rings. The first-order valence-electron chi connectivity index (χ1n) is 14.6. The number of ether oxygens (including phenoxy) is 1. The highest BCUT2D eigenvalue weighted by Crippen LogP contribution is 2.42. The van der Waals surface area contributed by atoms with Crippen LogP contribution in [0, 0.1) is 13.8 Å². The smallest absolute Gasteiger partial charge is 0.166 e. The maximum atomic E-state index is 12.5. The minimum Gasteiger partial charge on any atom is -0.493 e. The zero-order chi connectivity index (χ0) is 30.4. The Morgan fingerprint density at radius 1 is 1.05 bits per heavy atom. The number of aldehydes is 1. The summed E-state index contributed by atoms with van der Waals surface area (Å²) in [5.41, 5.74) is 8.61. The van der Waals surface area contributed by atoms with E-state index in [9.17, 15) is 4.79 Å². The van der Waals surface area contributed by atoms with Crippen molar-refractivity contribution >= 4 is 63.1 Å². The molecule has 44 heavy (non-hydrogen) atoms. The first-order chi connectivity index (χ1) is 21.4. The average Bonchev–Trinajstić information content (AvgIpc) is 3.65. The highest BCUT2D eigenvalue weighted by molar-refractivity contribution is 7.98. The Balaban J connectivity index is 1.33. The molecule has 4 heterocycles. The predicted molar refractivity (Wildman–Crippen MR) is 181 cm³/mol. The number of hydrogen-bond donors (Lipinski definition) is 1. The predicted octanol–water partition coefficient (Wildman–Crippen LogP) is 8.51. The number of thioether (sulfide) groups is 2. The van der Waals surface area contributed by atoms with Gasteiger partial charge in [0.05, 0.1) is 23.7 Å². The Morgan fingerprint density at radius 3 is 2.77 bits per heavy atom. The molecule has 7 nitrogen and oxygen atoms in total. The number of hydrogen-bond acceptors (Lipinski definition) is 6. The fraction of sp³-hybridized carbons (Fsp3) is 0.265. The fourth-order valence-electron chi connectivity index (χ4n) is 6.23. The largest absolute Gasteiger partial charge is 0.493 e. The average molecular weight is 642 g/mol. The van der Waals surface area contributed by atoms with Gasteiger partial charge in [-0.3, -0.25) is 14.6 Å². The molecule has 0 amide bonds. The normalized spacial score (nSPS) is 14.4. The van der Waals surface area contributed by atoms with E-state index in [1.165, 1.54) is 5.69 Å². The van der Waals surface area contributed by atoms with Gasteiger partial charge in [-0.1, -0.05) is 35.9 Å². The van der Waals surface area contributed by atoms with Crippen LogP contribution in [0.3, 0.4) is 0 Å². The number of halogens is 1. The van der Waals surface area contributed by atoms with Crippen LogP contribution in [0.15, 0.2) is 59.5 Å². The topological polar surface area (TPSA) is 77.7 Å². The number of rotatable bonds is 1. The minimum atomic E-state index is 0.517. The number of benzene rings is 3. The first kappa shape index (κ1) is 29.1. The lowest BCUT2D eigenvalue weighted by Crippen LogP contribution is -2.07. The molecule has 0 fully saturated rings. The molecule has 0 atom stereocenters. The minimum absolute atomic E-state index is 0.517. The van der Waals surface area contributed by atoms with Gasteiger partial charge in [-0.05, 0) is 61.5 Å². The summed E-state index contributed by atoms with van der Waals surface area (Å²) >= 11 is 10.5. The summed E-state index contributed by atoms with van der Waals surface area (Å²) in [7, 11) is 2.01. The number of aromatic amines is 1. The first-order valence-corrected chi connectivity index (χ1v) is 17.1. The third kappa shape index (κ3) is 5.21. The highest BCUT2D eigenvalue weighted by atomic mass is 35.5. The van der Waals surface area contributed by atoms with Crippen LogP contribution in [-0.4, -0.2) is 37.4 Å². The number of H-pyrrole nitrogens is 1. The fourth-order valence-corrected chi connectivity index (χ4v) is 8.32. The summed E-state index contributed by atoms with van der Waals surface area (Å²) in [6, 6.07) is 18.9. The number of carbonyl (C=O) groups is 1. The maximum absolute atomic E-state index is 12.5. The second kappa shape index (κ2) is 12.0. The lowest BCUT2D eigenvalue weighted by Gasteiger charge is -2.14. The molecule has 0 spiro atoms.